The molecule has 0 saturated carbocycles. The number of thioether (sulfide) groups is 1. The van der Waals surface area contributed by atoms with E-state index in [2.05, 4.69) is 19.5 Å². The fourth-order valence-electron chi connectivity index (χ4n) is 2.05. The van der Waals surface area contributed by atoms with E-state index in [1.54, 1.807) is 0 Å². The van der Waals surface area contributed by atoms with Crippen molar-refractivity contribution in [3.05, 3.63) is 5.82 Å². The maximum atomic E-state index is 11.4. The summed E-state index contributed by atoms with van der Waals surface area (Å²) in [4.78, 5) is 11.4. The molecule has 2 rings (SSSR count). The second-order valence-electron chi connectivity index (χ2n) is 4.92. The van der Waals surface area contributed by atoms with E-state index in [9.17, 15) is 9.90 Å². The van der Waals surface area contributed by atoms with Crippen LogP contribution in [0.15, 0.2) is 5.16 Å². The summed E-state index contributed by atoms with van der Waals surface area (Å²) in [6.07, 6.45) is 4.41. The number of methoxy groups -OCH3 is 1. The molecule has 0 spiro atoms. The number of aryl methyl sites for hydroxylation is 1. The summed E-state index contributed by atoms with van der Waals surface area (Å²) in [6, 6.07) is 0. The number of esters is 1. The number of hydrogen-bond acceptors (Lipinski definition) is 6. The summed E-state index contributed by atoms with van der Waals surface area (Å²) >= 11 is 1.34. The minimum absolute atomic E-state index is 0.206. The van der Waals surface area contributed by atoms with E-state index in [1.165, 1.54) is 32.2 Å². The summed E-state index contributed by atoms with van der Waals surface area (Å²) in [5, 5.41) is 19.1. The van der Waals surface area contributed by atoms with Gasteiger partial charge in [0.1, 0.15) is 5.82 Å². The molecule has 1 aliphatic heterocycles. The standard InChI is InChI=1S/C12H19N3O3S/c1-12(17,10(16)18-2)8-19-11-14-13-9-6-4-3-5-7-15(9)11/h17H,3-8H2,1-2H3. The first kappa shape index (κ1) is 14.3. The fourth-order valence-corrected chi connectivity index (χ4v) is 3.03. The van der Waals surface area contributed by atoms with Crippen LogP contribution in [0.5, 0.6) is 0 Å². The van der Waals surface area contributed by atoms with E-state index in [4.69, 9.17) is 0 Å². The van der Waals surface area contributed by atoms with Gasteiger partial charge in [0.25, 0.3) is 0 Å². The zero-order chi connectivity index (χ0) is 13.9. The summed E-state index contributed by atoms with van der Waals surface area (Å²) in [5.41, 5.74) is -1.50. The number of nitrogens with zero attached hydrogens (tertiary/aromatic N) is 3. The van der Waals surface area contributed by atoms with Crippen molar-refractivity contribution in [3.8, 4) is 0 Å². The number of carbonyl (C=O) groups is 1. The molecular weight excluding hydrogens is 266 g/mol. The third-order valence-corrected chi connectivity index (χ3v) is 4.45. The van der Waals surface area contributed by atoms with E-state index >= 15 is 0 Å². The fraction of sp³-hybridized carbons (Fsp3) is 0.750. The molecule has 19 heavy (non-hydrogen) atoms. The van der Waals surface area contributed by atoms with Gasteiger partial charge in [-0.25, -0.2) is 4.79 Å². The number of fused-ring (bicyclic) bond motifs is 1. The Bertz CT molecular complexity index is 459. The summed E-state index contributed by atoms with van der Waals surface area (Å²) in [6.45, 7) is 2.36. The van der Waals surface area contributed by atoms with E-state index in [0.29, 0.717) is 0 Å². The largest absolute Gasteiger partial charge is 0.467 e. The number of aromatic nitrogens is 3. The van der Waals surface area contributed by atoms with Crippen molar-refractivity contribution in [2.75, 3.05) is 12.9 Å². The van der Waals surface area contributed by atoms with Gasteiger partial charge in [-0.2, -0.15) is 0 Å². The minimum Gasteiger partial charge on any atom is -0.467 e. The van der Waals surface area contributed by atoms with E-state index in [-0.39, 0.29) is 5.75 Å². The maximum Gasteiger partial charge on any atom is 0.338 e. The Hall–Kier alpha value is -1.08. The molecule has 6 nitrogen and oxygen atoms in total. The molecule has 0 aromatic carbocycles. The van der Waals surface area contributed by atoms with Gasteiger partial charge in [-0.1, -0.05) is 18.2 Å². The Morgan fingerprint density at radius 3 is 3.00 bits per heavy atom. The van der Waals surface area contributed by atoms with Crippen molar-refractivity contribution in [1.82, 2.24) is 14.8 Å². The second-order valence-corrected chi connectivity index (χ2v) is 5.86. The SMILES string of the molecule is COC(=O)C(C)(O)CSc1nnc2n1CCCCC2. The molecule has 1 aliphatic rings. The highest BCUT2D eigenvalue weighted by molar-refractivity contribution is 7.99. The highest BCUT2D eigenvalue weighted by Gasteiger charge is 2.32. The lowest BCUT2D eigenvalue weighted by molar-refractivity contribution is -0.158. The first-order valence-electron chi connectivity index (χ1n) is 6.40. The van der Waals surface area contributed by atoms with Crippen molar-refractivity contribution in [2.24, 2.45) is 0 Å². The molecule has 1 N–H and O–H groups in total. The van der Waals surface area contributed by atoms with Crippen LogP contribution in [0.4, 0.5) is 0 Å². The molecule has 1 aromatic rings. The zero-order valence-electron chi connectivity index (χ0n) is 11.3. The molecule has 0 bridgehead atoms. The van der Waals surface area contributed by atoms with Gasteiger partial charge in [-0.3, -0.25) is 0 Å². The first-order chi connectivity index (χ1) is 9.04. The highest BCUT2D eigenvalue weighted by atomic mass is 32.2. The van der Waals surface area contributed by atoms with Gasteiger partial charge in [-0.15, -0.1) is 10.2 Å². The third-order valence-electron chi connectivity index (χ3n) is 3.18. The molecule has 1 unspecified atom stereocenters. The van der Waals surface area contributed by atoms with Gasteiger partial charge in [0.15, 0.2) is 10.8 Å². The number of ether oxygens (including phenoxy) is 1. The van der Waals surface area contributed by atoms with Crippen molar-refractivity contribution in [3.63, 3.8) is 0 Å². The molecule has 0 saturated heterocycles. The van der Waals surface area contributed by atoms with Crippen molar-refractivity contribution in [1.29, 1.82) is 0 Å². The molecule has 2 heterocycles. The molecule has 0 radical (unpaired) electrons. The molecular formula is C12H19N3O3S. The molecule has 0 amide bonds. The van der Waals surface area contributed by atoms with Gasteiger partial charge in [0, 0.05) is 18.7 Å². The highest BCUT2D eigenvalue weighted by Crippen LogP contribution is 2.25. The lowest BCUT2D eigenvalue weighted by atomic mass is 10.1. The summed E-state index contributed by atoms with van der Waals surface area (Å²) in [7, 11) is 1.27. The average molecular weight is 285 g/mol. The Kier molecular flexibility index (Phi) is 4.46. The normalized spacial score (nSPS) is 18.3. The average Bonchev–Trinajstić information content (AvgIpc) is 2.62. The van der Waals surface area contributed by atoms with Crippen LogP contribution in [-0.2, 0) is 22.5 Å². The monoisotopic (exact) mass is 285 g/mol. The van der Waals surface area contributed by atoms with E-state index in [1.807, 2.05) is 0 Å². The van der Waals surface area contributed by atoms with Crippen LogP contribution < -0.4 is 0 Å². The first-order valence-corrected chi connectivity index (χ1v) is 7.39. The number of rotatable bonds is 4. The maximum absolute atomic E-state index is 11.4. The second kappa shape index (κ2) is 5.92. The van der Waals surface area contributed by atoms with Gasteiger partial charge in [0.2, 0.25) is 0 Å². The summed E-state index contributed by atoms with van der Waals surface area (Å²) in [5.74, 6) is 0.575. The predicted octanol–water partition coefficient (Wildman–Crippen LogP) is 1.02. The molecule has 106 valence electrons. The van der Waals surface area contributed by atoms with Crippen LogP contribution in [0, 0.1) is 0 Å². The van der Waals surface area contributed by atoms with Crippen LogP contribution in [-0.4, -0.2) is 44.3 Å². The van der Waals surface area contributed by atoms with Crippen LogP contribution in [0.1, 0.15) is 32.0 Å². The van der Waals surface area contributed by atoms with Gasteiger partial charge in [0.05, 0.1) is 7.11 Å². The Morgan fingerprint density at radius 2 is 2.26 bits per heavy atom. The van der Waals surface area contributed by atoms with E-state index in [0.717, 1.165) is 36.8 Å². The smallest absolute Gasteiger partial charge is 0.338 e. The van der Waals surface area contributed by atoms with Crippen LogP contribution >= 0.6 is 11.8 Å². The quantitative estimate of drug-likeness (QED) is 0.657. The van der Waals surface area contributed by atoms with E-state index < -0.39 is 11.6 Å². The lowest BCUT2D eigenvalue weighted by Gasteiger charge is -2.19. The van der Waals surface area contributed by atoms with Crippen molar-refractivity contribution >= 4 is 17.7 Å². The molecule has 1 aromatic heterocycles. The van der Waals surface area contributed by atoms with Gasteiger partial charge >= 0.3 is 5.97 Å². The van der Waals surface area contributed by atoms with Crippen LogP contribution in [0.25, 0.3) is 0 Å². The van der Waals surface area contributed by atoms with Gasteiger partial charge in [-0.05, 0) is 19.8 Å². The third kappa shape index (κ3) is 3.27. The zero-order valence-corrected chi connectivity index (χ0v) is 12.1. The Balaban J connectivity index is 2.04. The Morgan fingerprint density at radius 1 is 1.47 bits per heavy atom. The lowest BCUT2D eigenvalue weighted by Crippen LogP contribution is -2.38. The summed E-state index contributed by atoms with van der Waals surface area (Å²) < 4.78 is 6.66. The van der Waals surface area contributed by atoms with Crippen LogP contribution in [0.3, 0.4) is 0 Å². The minimum atomic E-state index is -1.50. The molecule has 7 heteroatoms. The predicted molar refractivity (Wildman–Crippen MR) is 70.9 cm³/mol. The topological polar surface area (TPSA) is 77.2 Å². The van der Waals surface area contributed by atoms with Crippen molar-refractivity contribution in [2.45, 2.75) is 49.9 Å². The number of aliphatic hydroxyl groups is 1. The Labute approximate surface area is 116 Å². The van der Waals surface area contributed by atoms with Gasteiger partial charge < -0.3 is 14.4 Å². The molecule has 1 atom stereocenters. The molecule has 0 fully saturated rings. The van der Waals surface area contributed by atoms with Crippen LogP contribution in [0.2, 0.25) is 0 Å². The molecule has 0 aliphatic carbocycles. The van der Waals surface area contributed by atoms with Crippen molar-refractivity contribution < 1.29 is 14.6 Å². The number of carbonyl (C=O) groups excluding carboxylic acids is 1. The number of hydrogen-bond donors (Lipinski definition) is 1.